The number of esters is 1. The number of thiophene rings is 1. The van der Waals surface area contributed by atoms with Gasteiger partial charge in [-0.3, -0.25) is 0 Å². The Labute approximate surface area is 161 Å². The van der Waals surface area contributed by atoms with Crippen molar-refractivity contribution in [2.75, 3.05) is 7.11 Å². The number of hydrogen-bond donors (Lipinski definition) is 1. The maximum Gasteiger partial charge on any atom is 0.407 e. The molecule has 0 aliphatic rings. The summed E-state index contributed by atoms with van der Waals surface area (Å²) in [6.07, 6.45) is -0.506. The molecule has 0 unspecified atom stereocenters. The molecule has 5 nitrogen and oxygen atoms in total. The van der Waals surface area contributed by atoms with Gasteiger partial charge in [0.1, 0.15) is 11.5 Å². The summed E-state index contributed by atoms with van der Waals surface area (Å²) in [7, 11) is 1.35. The molecule has 0 saturated carbocycles. The van der Waals surface area contributed by atoms with Gasteiger partial charge in [0.15, 0.2) is 0 Å². The van der Waals surface area contributed by atoms with Gasteiger partial charge >= 0.3 is 12.1 Å². The maximum absolute atomic E-state index is 12.1. The van der Waals surface area contributed by atoms with Crippen LogP contribution in [0.2, 0.25) is 0 Å². The molecule has 27 heavy (non-hydrogen) atoms. The van der Waals surface area contributed by atoms with Gasteiger partial charge in [-0.1, -0.05) is 60.7 Å². The fourth-order valence-corrected chi connectivity index (χ4v) is 3.56. The van der Waals surface area contributed by atoms with Crippen LogP contribution in [-0.2, 0) is 22.6 Å². The normalized spacial score (nSPS) is 10.3. The second-order valence-electron chi connectivity index (χ2n) is 5.73. The van der Waals surface area contributed by atoms with Gasteiger partial charge in [0.2, 0.25) is 0 Å². The average Bonchev–Trinajstić information content (AvgIpc) is 3.16. The molecule has 0 aliphatic heterocycles. The number of alkyl carbamates (subject to hydrolysis) is 1. The lowest BCUT2D eigenvalue weighted by Crippen LogP contribution is -2.23. The summed E-state index contributed by atoms with van der Waals surface area (Å²) in [5.74, 6) is -0.404. The fourth-order valence-electron chi connectivity index (χ4n) is 2.55. The second-order valence-corrected chi connectivity index (χ2v) is 6.87. The van der Waals surface area contributed by atoms with Crippen LogP contribution in [0.15, 0.2) is 66.7 Å². The Bertz CT molecular complexity index is 906. The zero-order valence-corrected chi connectivity index (χ0v) is 15.6. The first-order valence-corrected chi connectivity index (χ1v) is 9.20. The van der Waals surface area contributed by atoms with E-state index in [0.717, 1.165) is 21.6 Å². The number of amides is 1. The summed E-state index contributed by atoms with van der Waals surface area (Å²) in [5.41, 5.74) is 2.68. The summed E-state index contributed by atoms with van der Waals surface area (Å²) >= 11 is 1.26. The van der Waals surface area contributed by atoms with Crippen molar-refractivity contribution in [1.29, 1.82) is 0 Å². The predicted octanol–water partition coefficient (Wildman–Crippen LogP) is 4.63. The van der Waals surface area contributed by atoms with Crippen molar-refractivity contribution in [2.45, 2.75) is 13.2 Å². The summed E-state index contributed by atoms with van der Waals surface area (Å²) < 4.78 is 10.2. The molecule has 1 amide bonds. The topological polar surface area (TPSA) is 64.6 Å². The van der Waals surface area contributed by atoms with E-state index in [1.54, 1.807) is 0 Å². The minimum Gasteiger partial charge on any atom is -0.465 e. The Hall–Kier alpha value is -3.12. The number of nitrogens with one attached hydrogen (secondary N) is 1. The van der Waals surface area contributed by atoms with Crippen LogP contribution in [0.5, 0.6) is 0 Å². The van der Waals surface area contributed by atoms with Gasteiger partial charge in [-0.05, 0) is 17.2 Å². The zero-order chi connectivity index (χ0) is 19.1. The van der Waals surface area contributed by atoms with Crippen molar-refractivity contribution in [3.05, 3.63) is 82.0 Å². The van der Waals surface area contributed by atoms with Crippen LogP contribution in [0.3, 0.4) is 0 Å². The molecular formula is C21H19NO4S. The molecule has 0 saturated heterocycles. The van der Waals surface area contributed by atoms with Crippen molar-refractivity contribution < 1.29 is 19.1 Å². The third-order valence-corrected chi connectivity index (χ3v) is 4.95. The van der Waals surface area contributed by atoms with Crippen molar-refractivity contribution in [1.82, 2.24) is 5.32 Å². The summed E-state index contributed by atoms with van der Waals surface area (Å²) in [6.45, 7) is 0.481. The van der Waals surface area contributed by atoms with Crippen molar-refractivity contribution >= 4 is 23.4 Å². The molecule has 3 aromatic rings. The molecule has 2 aromatic carbocycles. The third-order valence-electron chi connectivity index (χ3n) is 3.86. The Morgan fingerprint density at radius 1 is 1.00 bits per heavy atom. The number of ether oxygens (including phenoxy) is 2. The van der Waals surface area contributed by atoms with E-state index in [1.807, 2.05) is 66.7 Å². The lowest BCUT2D eigenvalue weighted by molar-refractivity contribution is 0.0607. The van der Waals surface area contributed by atoms with E-state index in [-0.39, 0.29) is 6.61 Å². The zero-order valence-electron chi connectivity index (χ0n) is 14.8. The molecule has 0 aliphatic carbocycles. The van der Waals surface area contributed by atoms with Gasteiger partial charge in [0.25, 0.3) is 0 Å². The SMILES string of the molecule is COC(=O)c1sc(COC(=O)NCc2ccccc2)cc1-c1ccccc1. The van der Waals surface area contributed by atoms with Gasteiger partial charge < -0.3 is 14.8 Å². The first-order chi connectivity index (χ1) is 13.2. The molecule has 138 valence electrons. The van der Waals surface area contributed by atoms with Gasteiger partial charge in [-0.15, -0.1) is 11.3 Å². The van der Waals surface area contributed by atoms with Crippen molar-refractivity contribution in [3.8, 4) is 11.1 Å². The highest BCUT2D eigenvalue weighted by molar-refractivity contribution is 7.14. The summed E-state index contributed by atoms with van der Waals surface area (Å²) in [4.78, 5) is 25.3. The Kier molecular flexibility index (Phi) is 6.22. The number of hydrogen-bond acceptors (Lipinski definition) is 5. The molecule has 0 spiro atoms. The highest BCUT2D eigenvalue weighted by Gasteiger charge is 2.18. The third kappa shape index (κ3) is 4.95. The molecule has 1 heterocycles. The van der Waals surface area contributed by atoms with Crippen molar-refractivity contribution in [2.24, 2.45) is 0 Å². The van der Waals surface area contributed by atoms with Gasteiger partial charge in [0.05, 0.1) is 7.11 Å². The number of carbonyl (C=O) groups is 2. The predicted molar refractivity (Wildman–Crippen MR) is 105 cm³/mol. The molecule has 0 radical (unpaired) electrons. The number of carbonyl (C=O) groups excluding carboxylic acids is 2. The van der Waals surface area contributed by atoms with Gasteiger partial charge in [0, 0.05) is 17.0 Å². The molecule has 0 bridgehead atoms. The molecule has 3 rings (SSSR count). The molecule has 1 N–H and O–H groups in total. The van der Waals surface area contributed by atoms with Crippen LogP contribution in [0.4, 0.5) is 4.79 Å². The van der Waals surface area contributed by atoms with Crippen LogP contribution < -0.4 is 5.32 Å². The van der Waals surface area contributed by atoms with Gasteiger partial charge in [-0.25, -0.2) is 9.59 Å². The lowest BCUT2D eigenvalue weighted by atomic mass is 10.1. The van der Waals surface area contributed by atoms with E-state index in [0.29, 0.717) is 11.4 Å². The minimum atomic E-state index is -0.506. The molecule has 0 fully saturated rings. The van der Waals surface area contributed by atoms with E-state index >= 15 is 0 Å². The standard InChI is InChI=1S/C21H19NO4S/c1-25-20(23)19-18(16-10-6-3-7-11-16)12-17(27-19)14-26-21(24)22-13-15-8-4-2-5-9-15/h2-12H,13-14H2,1H3,(H,22,24). The Balaban J connectivity index is 1.65. The summed E-state index contributed by atoms with van der Waals surface area (Å²) in [5, 5.41) is 2.71. The lowest BCUT2D eigenvalue weighted by Gasteiger charge is -2.06. The van der Waals surface area contributed by atoms with Crippen LogP contribution in [0.1, 0.15) is 20.1 Å². The highest BCUT2D eigenvalue weighted by Crippen LogP contribution is 2.32. The number of rotatable bonds is 6. The first kappa shape index (κ1) is 18.7. The van der Waals surface area contributed by atoms with Crippen LogP contribution in [0.25, 0.3) is 11.1 Å². The largest absolute Gasteiger partial charge is 0.465 e. The minimum absolute atomic E-state index is 0.0854. The van der Waals surface area contributed by atoms with E-state index in [1.165, 1.54) is 18.4 Å². The fraction of sp³-hybridized carbons (Fsp3) is 0.143. The van der Waals surface area contributed by atoms with E-state index in [9.17, 15) is 9.59 Å². The number of benzene rings is 2. The highest BCUT2D eigenvalue weighted by atomic mass is 32.1. The Morgan fingerprint density at radius 2 is 1.67 bits per heavy atom. The van der Waals surface area contributed by atoms with Crippen molar-refractivity contribution in [3.63, 3.8) is 0 Å². The molecule has 1 aromatic heterocycles. The first-order valence-electron chi connectivity index (χ1n) is 8.38. The van der Waals surface area contributed by atoms with E-state index < -0.39 is 12.1 Å². The van der Waals surface area contributed by atoms with E-state index in [2.05, 4.69) is 5.32 Å². The monoisotopic (exact) mass is 381 g/mol. The van der Waals surface area contributed by atoms with Crippen LogP contribution >= 0.6 is 11.3 Å². The van der Waals surface area contributed by atoms with Gasteiger partial charge in [-0.2, -0.15) is 0 Å². The van der Waals surface area contributed by atoms with Crippen LogP contribution in [-0.4, -0.2) is 19.2 Å². The van der Waals surface area contributed by atoms with E-state index in [4.69, 9.17) is 9.47 Å². The molecule has 6 heteroatoms. The smallest absolute Gasteiger partial charge is 0.407 e. The Morgan fingerprint density at radius 3 is 2.33 bits per heavy atom. The summed E-state index contributed by atoms with van der Waals surface area (Å²) in [6, 6.07) is 21.0. The van der Waals surface area contributed by atoms with Crippen LogP contribution in [0, 0.1) is 0 Å². The second kappa shape index (κ2) is 9.00. The average molecular weight is 381 g/mol. The molecule has 0 atom stereocenters. The number of methoxy groups -OCH3 is 1. The quantitative estimate of drug-likeness (QED) is 0.633. The molecular weight excluding hydrogens is 362 g/mol. The maximum atomic E-state index is 12.1.